The molecule has 0 bridgehead atoms. The lowest BCUT2D eigenvalue weighted by Crippen LogP contribution is -2.36. The van der Waals surface area contributed by atoms with Gasteiger partial charge in [-0.3, -0.25) is 9.10 Å². The van der Waals surface area contributed by atoms with Gasteiger partial charge in [-0.1, -0.05) is 23.2 Å². The van der Waals surface area contributed by atoms with Gasteiger partial charge in [0.25, 0.3) is 10.0 Å². The summed E-state index contributed by atoms with van der Waals surface area (Å²) in [6.45, 7) is -0.500. The molecule has 134 valence electrons. The second kappa shape index (κ2) is 8.31. The molecule has 2 rings (SSSR count). The third-order valence-electron chi connectivity index (χ3n) is 3.28. The van der Waals surface area contributed by atoms with Crippen LogP contribution in [-0.2, 0) is 19.6 Å². The van der Waals surface area contributed by atoms with Gasteiger partial charge in [0, 0.05) is 14.9 Å². The summed E-state index contributed by atoms with van der Waals surface area (Å²) in [6, 6.07) is 10.7. The lowest BCUT2D eigenvalue weighted by atomic mass is 10.3. The van der Waals surface area contributed by atoms with Crippen molar-refractivity contribution < 1.29 is 17.9 Å². The molecule has 2 aromatic carbocycles. The quantitative estimate of drug-likeness (QED) is 0.521. The summed E-state index contributed by atoms with van der Waals surface area (Å²) in [5.74, 6) is -0.708. The highest BCUT2D eigenvalue weighted by Gasteiger charge is 2.28. The smallest absolute Gasteiger partial charge is 0.326 e. The molecular weight excluding hydrogens is 405 g/mol. The van der Waals surface area contributed by atoms with Gasteiger partial charge in [-0.05, 0) is 48.7 Å². The summed E-state index contributed by atoms with van der Waals surface area (Å²) in [5, 5.41) is 0.510. The van der Waals surface area contributed by atoms with Gasteiger partial charge in [0.1, 0.15) is 6.54 Å². The number of methoxy groups -OCH3 is 1. The molecule has 0 aromatic heterocycles. The minimum Gasteiger partial charge on any atom is -0.468 e. The van der Waals surface area contributed by atoms with E-state index in [1.807, 2.05) is 6.26 Å². The standard InChI is InChI=1S/C16H15Cl2NO4S2/c1-23-16(20)10-19(13-8-11(17)7-12(18)9-13)25(21,22)15-5-3-14(24-2)4-6-15/h3-9H,10H2,1-2H3. The Morgan fingerprint density at radius 2 is 1.68 bits per heavy atom. The summed E-state index contributed by atoms with van der Waals surface area (Å²) < 4.78 is 31.6. The van der Waals surface area contributed by atoms with Gasteiger partial charge in [0.2, 0.25) is 0 Å². The first kappa shape index (κ1) is 19.9. The van der Waals surface area contributed by atoms with E-state index < -0.39 is 22.5 Å². The van der Waals surface area contributed by atoms with Crippen LogP contribution in [0, 0.1) is 0 Å². The van der Waals surface area contributed by atoms with Gasteiger partial charge in [0.05, 0.1) is 17.7 Å². The number of benzene rings is 2. The van der Waals surface area contributed by atoms with Gasteiger partial charge in [-0.15, -0.1) is 11.8 Å². The van der Waals surface area contributed by atoms with E-state index in [1.165, 1.54) is 49.2 Å². The molecule has 0 aliphatic carbocycles. The highest BCUT2D eigenvalue weighted by atomic mass is 35.5. The number of esters is 1. The van der Waals surface area contributed by atoms with Gasteiger partial charge < -0.3 is 4.74 Å². The molecule has 2 aromatic rings. The third-order valence-corrected chi connectivity index (χ3v) is 6.25. The summed E-state index contributed by atoms with van der Waals surface area (Å²) in [7, 11) is -2.83. The number of rotatable bonds is 6. The average Bonchev–Trinajstić information content (AvgIpc) is 2.58. The maximum atomic E-state index is 13.0. The maximum Gasteiger partial charge on any atom is 0.326 e. The fourth-order valence-corrected chi connectivity index (χ4v) is 4.37. The molecule has 0 fully saturated rings. The molecule has 0 aliphatic heterocycles. The zero-order chi connectivity index (χ0) is 18.6. The van der Waals surface area contributed by atoms with Crippen molar-refractivity contribution in [2.75, 3.05) is 24.2 Å². The second-order valence-corrected chi connectivity index (χ2v) is 8.51. The van der Waals surface area contributed by atoms with E-state index >= 15 is 0 Å². The first-order valence-corrected chi connectivity index (χ1v) is 10.4. The van der Waals surface area contributed by atoms with Gasteiger partial charge in [0.15, 0.2) is 0 Å². The molecule has 25 heavy (non-hydrogen) atoms. The van der Waals surface area contributed by atoms with Crippen molar-refractivity contribution in [1.82, 2.24) is 0 Å². The van der Waals surface area contributed by atoms with Crippen molar-refractivity contribution in [3.63, 3.8) is 0 Å². The molecule has 5 nitrogen and oxygen atoms in total. The van der Waals surface area contributed by atoms with Crippen LogP contribution in [0.15, 0.2) is 52.3 Å². The van der Waals surface area contributed by atoms with E-state index in [4.69, 9.17) is 23.2 Å². The minimum atomic E-state index is -4.01. The lowest BCUT2D eigenvalue weighted by molar-refractivity contribution is -0.138. The number of hydrogen-bond donors (Lipinski definition) is 0. The monoisotopic (exact) mass is 419 g/mol. The van der Waals surface area contributed by atoms with E-state index in [0.29, 0.717) is 0 Å². The van der Waals surface area contributed by atoms with Crippen molar-refractivity contribution in [3.05, 3.63) is 52.5 Å². The number of carbonyl (C=O) groups excluding carboxylic acids is 1. The maximum absolute atomic E-state index is 13.0. The number of anilines is 1. The van der Waals surface area contributed by atoms with Crippen molar-refractivity contribution in [2.45, 2.75) is 9.79 Å². The van der Waals surface area contributed by atoms with Crippen molar-refractivity contribution in [3.8, 4) is 0 Å². The molecule has 0 amide bonds. The molecular formula is C16H15Cl2NO4S2. The topological polar surface area (TPSA) is 63.7 Å². The number of ether oxygens (including phenoxy) is 1. The normalized spacial score (nSPS) is 11.2. The Morgan fingerprint density at radius 1 is 1.12 bits per heavy atom. The molecule has 0 spiro atoms. The van der Waals surface area contributed by atoms with Gasteiger partial charge in [-0.25, -0.2) is 8.42 Å². The van der Waals surface area contributed by atoms with Crippen LogP contribution < -0.4 is 4.31 Å². The van der Waals surface area contributed by atoms with Crippen LogP contribution in [0.3, 0.4) is 0 Å². The van der Waals surface area contributed by atoms with Gasteiger partial charge in [-0.2, -0.15) is 0 Å². The Labute approximate surface area is 160 Å². The molecule has 0 saturated heterocycles. The van der Waals surface area contributed by atoms with Crippen LogP contribution >= 0.6 is 35.0 Å². The fraction of sp³-hybridized carbons (Fsp3) is 0.188. The highest BCUT2D eigenvalue weighted by molar-refractivity contribution is 7.98. The average molecular weight is 420 g/mol. The molecule has 0 heterocycles. The minimum absolute atomic E-state index is 0.0466. The van der Waals surface area contributed by atoms with E-state index in [2.05, 4.69) is 4.74 Å². The van der Waals surface area contributed by atoms with Crippen molar-refractivity contribution in [2.24, 2.45) is 0 Å². The van der Waals surface area contributed by atoms with Crippen LogP contribution in [0.4, 0.5) is 5.69 Å². The number of hydrogen-bond acceptors (Lipinski definition) is 5. The number of thioether (sulfide) groups is 1. The summed E-state index contributed by atoms with van der Waals surface area (Å²) in [5.41, 5.74) is 0.178. The van der Waals surface area contributed by atoms with E-state index in [0.717, 1.165) is 9.20 Å². The first-order valence-electron chi connectivity index (χ1n) is 6.97. The fourth-order valence-electron chi connectivity index (χ4n) is 2.06. The Balaban J connectivity index is 2.54. The second-order valence-electron chi connectivity index (χ2n) is 4.89. The third kappa shape index (κ3) is 4.82. The Morgan fingerprint density at radius 3 is 2.16 bits per heavy atom. The molecule has 0 unspecified atom stereocenters. The summed E-state index contributed by atoms with van der Waals surface area (Å²) in [6.07, 6.45) is 1.89. The van der Waals surface area contributed by atoms with E-state index in [1.54, 1.807) is 12.1 Å². The van der Waals surface area contributed by atoms with E-state index in [9.17, 15) is 13.2 Å². The van der Waals surface area contributed by atoms with Crippen LogP contribution in [0.5, 0.6) is 0 Å². The summed E-state index contributed by atoms with van der Waals surface area (Å²) in [4.78, 5) is 12.7. The Bertz CT molecular complexity index is 850. The zero-order valence-electron chi connectivity index (χ0n) is 13.4. The zero-order valence-corrected chi connectivity index (χ0v) is 16.5. The predicted octanol–water partition coefficient (Wildman–Crippen LogP) is 4.08. The lowest BCUT2D eigenvalue weighted by Gasteiger charge is -2.24. The summed E-state index contributed by atoms with van der Waals surface area (Å²) >= 11 is 13.4. The largest absolute Gasteiger partial charge is 0.468 e. The van der Waals surface area contributed by atoms with Crippen LogP contribution in [-0.4, -0.2) is 34.3 Å². The number of halogens is 2. The predicted molar refractivity (Wildman–Crippen MR) is 101 cm³/mol. The molecule has 0 atom stereocenters. The van der Waals surface area contributed by atoms with Crippen molar-refractivity contribution in [1.29, 1.82) is 0 Å². The molecule has 9 heteroatoms. The highest BCUT2D eigenvalue weighted by Crippen LogP contribution is 2.30. The molecule has 0 radical (unpaired) electrons. The number of carbonyl (C=O) groups is 1. The van der Waals surface area contributed by atoms with Crippen LogP contribution in [0.1, 0.15) is 0 Å². The van der Waals surface area contributed by atoms with Crippen molar-refractivity contribution >= 4 is 56.6 Å². The van der Waals surface area contributed by atoms with E-state index in [-0.39, 0.29) is 20.6 Å². The molecule has 0 aliphatic rings. The van der Waals surface area contributed by atoms with Crippen LogP contribution in [0.2, 0.25) is 10.0 Å². The number of sulfonamides is 1. The Hall–Kier alpha value is -1.41. The number of nitrogens with zero attached hydrogens (tertiary/aromatic N) is 1. The van der Waals surface area contributed by atoms with Crippen LogP contribution in [0.25, 0.3) is 0 Å². The molecule has 0 saturated carbocycles. The first-order chi connectivity index (χ1) is 11.8. The SMILES string of the molecule is COC(=O)CN(c1cc(Cl)cc(Cl)c1)S(=O)(=O)c1ccc(SC)cc1. The Kier molecular flexibility index (Phi) is 6.62. The molecule has 0 N–H and O–H groups in total. The van der Waals surface area contributed by atoms with Gasteiger partial charge >= 0.3 is 5.97 Å².